The molecule has 0 atom stereocenters. The minimum absolute atomic E-state index is 0.614. The van der Waals surface area contributed by atoms with E-state index >= 15 is 0 Å². The molecule has 1 fully saturated rings. The van der Waals surface area contributed by atoms with Crippen LogP contribution in [0.2, 0.25) is 0 Å². The van der Waals surface area contributed by atoms with Crippen molar-refractivity contribution in [1.82, 2.24) is 4.98 Å². The summed E-state index contributed by atoms with van der Waals surface area (Å²) in [6.45, 7) is 6.94. The molecule has 1 aromatic heterocycles. The second kappa shape index (κ2) is 4.73. The molecule has 2 N–H and O–H groups in total. The molecule has 1 saturated heterocycles. The molecule has 0 spiro atoms. The Morgan fingerprint density at radius 2 is 2.06 bits per heavy atom. The van der Waals surface area contributed by atoms with Gasteiger partial charge in [-0.25, -0.2) is 4.98 Å². The number of aromatic nitrogens is 1. The molecule has 1 aliphatic heterocycles. The maximum atomic E-state index is 5.70. The lowest BCUT2D eigenvalue weighted by Gasteiger charge is -2.35. The van der Waals surface area contributed by atoms with Crippen LogP contribution in [-0.4, -0.2) is 18.1 Å². The van der Waals surface area contributed by atoms with E-state index in [4.69, 9.17) is 5.73 Å². The number of pyridine rings is 1. The van der Waals surface area contributed by atoms with Gasteiger partial charge >= 0.3 is 0 Å². The van der Waals surface area contributed by atoms with Crippen LogP contribution in [0, 0.1) is 11.8 Å². The van der Waals surface area contributed by atoms with E-state index in [2.05, 4.69) is 23.7 Å². The molecular weight excluding hydrogens is 198 g/mol. The SMILES string of the molecule is CC(C)C1CCN(c2ccnc(N)c2)CC1. The topological polar surface area (TPSA) is 42.2 Å². The normalized spacial score (nSPS) is 18.1. The molecule has 0 radical (unpaired) electrons. The standard InChI is InChI=1S/C13H21N3/c1-10(2)11-4-7-16(8-5-11)12-3-6-15-13(14)9-12/h3,6,9-11H,4-5,7-8H2,1-2H3,(H2,14,15). The van der Waals surface area contributed by atoms with Crippen molar-refractivity contribution in [3.05, 3.63) is 18.3 Å². The van der Waals surface area contributed by atoms with Gasteiger partial charge in [0.25, 0.3) is 0 Å². The van der Waals surface area contributed by atoms with Gasteiger partial charge in [-0.2, -0.15) is 0 Å². The maximum absolute atomic E-state index is 5.70. The first-order chi connectivity index (χ1) is 7.66. The molecule has 0 aromatic carbocycles. The van der Waals surface area contributed by atoms with E-state index in [0.717, 1.165) is 24.9 Å². The number of rotatable bonds is 2. The van der Waals surface area contributed by atoms with Crippen LogP contribution in [0.15, 0.2) is 18.3 Å². The molecule has 0 saturated carbocycles. The van der Waals surface area contributed by atoms with Crippen LogP contribution in [0.4, 0.5) is 11.5 Å². The first-order valence-electron chi connectivity index (χ1n) is 6.13. The third-order valence-electron chi connectivity index (χ3n) is 3.61. The van der Waals surface area contributed by atoms with Gasteiger partial charge < -0.3 is 10.6 Å². The molecule has 1 aromatic rings. The second-order valence-electron chi connectivity index (χ2n) is 5.01. The van der Waals surface area contributed by atoms with Crippen molar-refractivity contribution >= 4 is 11.5 Å². The Balaban J connectivity index is 1.99. The summed E-state index contributed by atoms with van der Waals surface area (Å²) >= 11 is 0. The second-order valence-corrected chi connectivity index (χ2v) is 5.01. The summed E-state index contributed by atoms with van der Waals surface area (Å²) in [6, 6.07) is 4.02. The van der Waals surface area contributed by atoms with Gasteiger partial charge in [0.15, 0.2) is 0 Å². The summed E-state index contributed by atoms with van der Waals surface area (Å²) in [6.07, 6.45) is 4.37. The highest BCUT2D eigenvalue weighted by atomic mass is 15.1. The number of anilines is 2. The monoisotopic (exact) mass is 219 g/mol. The smallest absolute Gasteiger partial charge is 0.125 e. The van der Waals surface area contributed by atoms with Crippen LogP contribution in [0.3, 0.4) is 0 Å². The predicted octanol–water partition coefficient (Wildman–Crippen LogP) is 2.54. The summed E-state index contributed by atoms with van der Waals surface area (Å²) in [7, 11) is 0. The fraction of sp³-hybridized carbons (Fsp3) is 0.615. The number of nitrogens with two attached hydrogens (primary N) is 1. The summed E-state index contributed by atoms with van der Waals surface area (Å²) < 4.78 is 0. The van der Waals surface area contributed by atoms with Gasteiger partial charge in [-0.15, -0.1) is 0 Å². The van der Waals surface area contributed by atoms with Gasteiger partial charge in [-0.1, -0.05) is 13.8 Å². The van der Waals surface area contributed by atoms with E-state index in [1.54, 1.807) is 6.20 Å². The lowest BCUT2D eigenvalue weighted by molar-refractivity contribution is 0.311. The first-order valence-corrected chi connectivity index (χ1v) is 6.13. The Kier molecular flexibility index (Phi) is 3.32. The molecule has 3 heteroatoms. The van der Waals surface area contributed by atoms with Gasteiger partial charge in [0.05, 0.1) is 0 Å². The van der Waals surface area contributed by atoms with Crippen LogP contribution < -0.4 is 10.6 Å². The maximum Gasteiger partial charge on any atom is 0.125 e. The fourth-order valence-corrected chi connectivity index (χ4v) is 2.46. The van der Waals surface area contributed by atoms with Crippen LogP contribution >= 0.6 is 0 Å². The van der Waals surface area contributed by atoms with Crippen LogP contribution in [-0.2, 0) is 0 Å². The zero-order valence-electron chi connectivity index (χ0n) is 10.2. The molecule has 88 valence electrons. The van der Waals surface area contributed by atoms with Crippen molar-refractivity contribution in [2.24, 2.45) is 11.8 Å². The summed E-state index contributed by atoms with van der Waals surface area (Å²) in [4.78, 5) is 6.44. The quantitative estimate of drug-likeness (QED) is 0.831. The highest BCUT2D eigenvalue weighted by molar-refractivity contribution is 5.52. The first kappa shape index (κ1) is 11.2. The Labute approximate surface area is 97.7 Å². The highest BCUT2D eigenvalue weighted by Gasteiger charge is 2.21. The zero-order valence-corrected chi connectivity index (χ0v) is 10.2. The van der Waals surface area contributed by atoms with Crippen LogP contribution in [0.1, 0.15) is 26.7 Å². The number of nitrogens with zero attached hydrogens (tertiary/aromatic N) is 2. The molecule has 3 nitrogen and oxygen atoms in total. The van der Waals surface area contributed by atoms with Crippen molar-refractivity contribution in [3.63, 3.8) is 0 Å². The van der Waals surface area contributed by atoms with Gasteiger partial charge in [0.1, 0.15) is 5.82 Å². The Morgan fingerprint density at radius 3 is 2.62 bits per heavy atom. The van der Waals surface area contributed by atoms with E-state index in [1.807, 2.05) is 12.1 Å². The molecule has 0 unspecified atom stereocenters. The number of nitrogen functional groups attached to an aromatic ring is 1. The number of hydrogen-bond donors (Lipinski definition) is 1. The molecule has 16 heavy (non-hydrogen) atoms. The average Bonchev–Trinajstić information content (AvgIpc) is 2.29. The van der Waals surface area contributed by atoms with Crippen LogP contribution in [0.25, 0.3) is 0 Å². The Morgan fingerprint density at radius 1 is 1.38 bits per heavy atom. The van der Waals surface area contributed by atoms with E-state index in [1.165, 1.54) is 18.5 Å². The minimum atomic E-state index is 0.614. The average molecular weight is 219 g/mol. The van der Waals surface area contributed by atoms with Crippen molar-refractivity contribution in [2.75, 3.05) is 23.7 Å². The van der Waals surface area contributed by atoms with Crippen molar-refractivity contribution in [1.29, 1.82) is 0 Å². The fourth-order valence-electron chi connectivity index (χ4n) is 2.46. The largest absolute Gasteiger partial charge is 0.384 e. The van der Waals surface area contributed by atoms with Gasteiger partial charge in [-0.3, -0.25) is 0 Å². The molecule has 1 aliphatic rings. The van der Waals surface area contributed by atoms with Crippen molar-refractivity contribution < 1.29 is 0 Å². The van der Waals surface area contributed by atoms with E-state index in [9.17, 15) is 0 Å². The molecule has 2 heterocycles. The lowest BCUT2D eigenvalue weighted by Crippen LogP contribution is -2.35. The Bertz CT molecular complexity index is 341. The van der Waals surface area contributed by atoms with Crippen molar-refractivity contribution in [3.8, 4) is 0 Å². The van der Waals surface area contributed by atoms with Gasteiger partial charge in [0.2, 0.25) is 0 Å². The zero-order chi connectivity index (χ0) is 11.5. The van der Waals surface area contributed by atoms with Crippen molar-refractivity contribution in [2.45, 2.75) is 26.7 Å². The van der Waals surface area contributed by atoms with Gasteiger partial charge in [0, 0.05) is 31.0 Å². The van der Waals surface area contributed by atoms with Gasteiger partial charge in [-0.05, 0) is 30.7 Å². The highest BCUT2D eigenvalue weighted by Crippen LogP contribution is 2.27. The number of hydrogen-bond acceptors (Lipinski definition) is 3. The summed E-state index contributed by atoms with van der Waals surface area (Å²) in [5, 5.41) is 0. The molecule has 0 amide bonds. The molecular formula is C13H21N3. The van der Waals surface area contributed by atoms with E-state index in [0.29, 0.717) is 5.82 Å². The third kappa shape index (κ3) is 2.46. The molecule has 0 bridgehead atoms. The minimum Gasteiger partial charge on any atom is -0.384 e. The van der Waals surface area contributed by atoms with E-state index in [-0.39, 0.29) is 0 Å². The van der Waals surface area contributed by atoms with Crippen LogP contribution in [0.5, 0.6) is 0 Å². The van der Waals surface area contributed by atoms with E-state index < -0.39 is 0 Å². The number of piperidine rings is 1. The summed E-state index contributed by atoms with van der Waals surface area (Å²) in [5.74, 6) is 2.31. The molecule has 0 aliphatic carbocycles. The third-order valence-corrected chi connectivity index (χ3v) is 3.61. The molecule has 2 rings (SSSR count). The predicted molar refractivity (Wildman–Crippen MR) is 68.4 cm³/mol. The lowest BCUT2D eigenvalue weighted by atomic mass is 9.86. The summed E-state index contributed by atoms with van der Waals surface area (Å²) in [5.41, 5.74) is 6.92. The Hall–Kier alpha value is -1.25.